The van der Waals surface area contributed by atoms with E-state index < -0.39 is 29.4 Å². The Hall–Kier alpha value is -3.00. The molecule has 8 heteroatoms. The van der Waals surface area contributed by atoms with Crippen LogP contribution in [0.15, 0.2) is 47.5 Å². The van der Waals surface area contributed by atoms with E-state index in [2.05, 4.69) is 25.8 Å². The number of carboxylic acid groups (broad SMARTS) is 2. The minimum absolute atomic E-state index is 0.0762. The molecule has 0 fully saturated rings. The monoisotopic (exact) mass is 456 g/mol. The fourth-order valence-electron chi connectivity index (χ4n) is 4.15. The van der Waals surface area contributed by atoms with E-state index >= 15 is 0 Å². The Morgan fingerprint density at radius 1 is 1.16 bits per heavy atom. The first-order valence-corrected chi connectivity index (χ1v) is 11.3. The van der Waals surface area contributed by atoms with Crippen LogP contribution >= 0.6 is 11.3 Å². The molecule has 0 spiro atoms. The molecule has 2 aromatic rings. The predicted molar refractivity (Wildman–Crippen MR) is 122 cm³/mol. The van der Waals surface area contributed by atoms with E-state index in [-0.39, 0.29) is 23.3 Å². The topological polar surface area (TPSA) is 108 Å². The van der Waals surface area contributed by atoms with E-state index in [1.54, 1.807) is 17.5 Å². The number of amides is 1. The van der Waals surface area contributed by atoms with Crippen LogP contribution in [0.1, 0.15) is 68.0 Å². The van der Waals surface area contributed by atoms with Gasteiger partial charge < -0.3 is 15.1 Å². The highest BCUT2D eigenvalue weighted by molar-refractivity contribution is 7.09. The third-order valence-corrected chi connectivity index (χ3v) is 6.44. The first-order valence-electron chi connectivity index (χ1n) is 10.4. The number of carbonyl (C=O) groups is 3. The van der Waals surface area contributed by atoms with Crippen LogP contribution in [0, 0.1) is 5.92 Å². The SMILES string of the molecule is CC(C)C[C@@]1(C(=O)O)C=C(C(=O)O)[C@@H](c2nccs2)N1C(=O)c1ccc(C(C)(C)C)cc1. The van der Waals surface area contributed by atoms with Crippen molar-refractivity contribution in [1.82, 2.24) is 9.88 Å². The average molecular weight is 457 g/mol. The van der Waals surface area contributed by atoms with Crippen molar-refractivity contribution >= 4 is 29.2 Å². The molecule has 3 rings (SSSR count). The molecule has 1 aliphatic rings. The van der Waals surface area contributed by atoms with Gasteiger partial charge in [0.15, 0.2) is 5.54 Å². The highest BCUT2D eigenvalue weighted by atomic mass is 32.1. The molecule has 2 heterocycles. The van der Waals surface area contributed by atoms with Gasteiger partial charge in [-0.3, -0.25) is 4.79 Å². The fraction of sp³-hybridized carbons (Fsp3) is 0.417. The van der Waals surface area contributed by atoms with Crippen molar-refractivity contribution < 1.29 is 24.6 Å². The summed E-state index contributed by atoms with van der Waals surface area (Å²) in [7, 11) is 0. The lowest BCUT2D eigenvalue weighted by Crippen LogP contribution is -2.54. The van der Waals surface area contributed by atoms with Crippen molar-refractivity contribution in [2.45, 2.75) is 58.0 Å². The van der Waals surface area contributed by atoms with Crippen molar-refractivity contribution in [3.8, 4) is 0 Å². The van der Waals surface area contributed by atoms with Gasteiger partial charge in [-0.05, 0) is 41.5 Å². The van der Waals surface area contributed by atoms with Crippen LogP contribution in [-0.2, 0) is 15.0 Å². The number of aromatic nitrogens is 1. The van der Waals surface area contributed by atoms with E-state index in [1.165, 1.54) is 28.5 Å². The minimum atomic E-state index is -1.79. The van der Waals surface area contributed by atoms with Crippen molar-refractivity contribution in [2.75, 3.05) is 0 Å². The van der Waals surface area contributed by atoms with Gasteiger partial charge in [-0.1, -0.05) is 46.8 Å². The Morgan fingerprint density at radius 2 is 1.78 bits per heavy atom. The third-order valence-electron chi connectivity index (χ3n) is 5.62. The summed E-state index contributed by atoms with van der Waals surface area (Å²) in [6.45, 7) is 9.87. The second kappa shape index (κ2) is 8.50. The molecule has 0 bridgehead atoms. The van der Waals surface area contributed by atoms with E-state index in [0.29, 0.717) is 10.6 Å². The van der Waals surface area contributed by atoms with Gasteiger partial charge in [0.2, 0.25) is 0 Å². The van der Waals surface area contributed by atoms with E-state index in [0.717, 1.165) is 5.56 Å². The second-order valence-corrected chi connectivity index (χ2v) is 10.4. The summed E-state index contributed by atoms with van der Waals surface area (Å²) in [4.78, 5) is 44.0. The molecule has 7 nitrogen and oxygen atoms in total. The number of nitrogens with zero attached hydrogens (tertiary/aromatic N) is 2. The molecule has 0 radical (unpaired) electrons. The van der Waals surface area contributed by atoms with Crippen LogP contribution in [0.3, 0.4) is 0 Å². The lowest BCUT2D eigenvalue weighted by atomic mass is 9.86. The summed E-state index contributed by atoms with van der Waals surface area (Å²) in [6, 6.07) is 5.94. The van der Waals surface area contributed by atoms with Crippen LogP contribution in [0.5, 0.6) is 0 Å². The fourth-order valence-corrected chi connectivity index (χ4v) is 4.89. The average Bonchev–Trinajstić information content (AvgIpc) is 3.33. The van der Waals surface area contributed by atoms with Crippen LogP contribution in [0.4, 0.5) is 0 Å². The zero-order valence-corrected chi connectivity index (χ0v) is 19.6. The lowest BCUT2D eigenvalue weighted by molar-refractivity contribution is -0.148. The van der Waals surface area contributed by atoms with Crippen LogP contribution in [-0.4, -0.2) is 43.5 Å². The van der Waals surface area contributed by atoms with Gasteiger partial charge in [0, 0.05) is 17.1 Å². The molecule has 0 unspecified atom stereocenters. The van der Waals surface area contributed by atoms with Gasteiger partial charge in [-0.2, -0.15) is 0 Å². The molecule has 2 N–H and O–H groups in total. The summed E-state index contributed by atoms with van der Waals surface area (Å²) in [5.74, 6) is -3.17. The van der Waals surface area contributed by atoms with Gasteiger partial charge in [-0.25, -0.2) is 14.6 Å². The smallest absolute Gasteiger partial charge is 0.333 e. The zero-order valence-electron chi connectivity index (χ0n) is 18.8. The summed E-state index contributed by atoms with van der Waals surface area (Å²) in [5, 5.41) is 22.2. The van der Waals surface area contributed by atoms with Crippen molar-refractivity contribution in [1.29, 1.82) is 0 Å². The standard InChI is InChI=1S/C24H28N2O5S/c1-14(2)12-24(22(30)31)13-17(21(28)29)18(19-25-10-11-32-19)26(24)20(27)15-6-8-16(9-7-15)23(3,4)5/h6-11,13-14,18H,12H2,1-5H3,(H,28,29)(H,30,31)/t18-,24-/m0/s1. The van der Waals surface area contributed by atoms with E-state index in [4.69, 9.17) is 0 Å². The van der Waals surface area contributed by atoms with E-state index in [1.807, 2.05) is 26.0 Å². The number of carbonyl (C=O) groups excluding carboxylic acids is 1. The Kier molecular flexibility index (Phi) is 6.29. The summed E-state index contributed by atoms with van der Waals surface area (Å²) in [5.41, 5.74) is -0.725. The zero-order chi connectivity index (χ0) is 23.8. The highest BCUT2D eigenvalue weighted by Gasteiger charge is 2.56. The third kappa shape index (κ3) is 4.19. The Bertz CT molecular complexity index is 1050. The lowest BCUT2D eigenvalue weighted by Gasteiger charge is -2.38. The Balaban J connectivity index is 2.19. The van der Waals surface area contributed by atoms with Crippen molar-refractivity contribution in [2.24, 2.45) is 5.92 Å². The molecule has 0 saturated carbocycles. The van der Waals surface area contributed by atoms with Gasteiger partial charge >= 0.3 is 11.9 Å². The first-order chi connectivity index (χ1) is 14.9. The minimum Gasteiger partial charge on any atom is -0.479 e. The molecule has 170 valence electrons. The summed E-state index contributed by atoms with van der Waals surface area (Å²) >= 11 is 1.19. The molecule has 0 saturated heterocycles. The molecule has 2 atom stereocenters. The first kappa shape index (κ1) is 23.7. The number of rotatable bonds is 6. The maximum absolute atomic E-state index is 13.8. The van der Waals surface area contributed by atoms with Gasteiger partial charge in [0.1, 0.15) is 11.0 Å². The molecule has 0 aliphatic carbocycles. The molecule has 1 aromatic carbocycles. The molecular formula is C24H28N2O5S. The maximum Gasteiger partial charge on any atom is 0.333 e. The van der Waals surface area contributed by atoms with Crippen LogP contribution < -0.4 is 0 Å². The largest absolute Gasteiger partial charge is 0.479 e. The normalized spacial score (nSPS) is 21.0. The number of hydrogen-bond acceptors (Lipinski definition) is 5. The van der Waals surface area contributed by atoms with Crippen molar-refractivity contribution in [3.63, 3.8) is 0 Å². The highest BCUT2D eigenvalue weighted by Crippen LogP contribution is 2.46. The second-order valence-electron chi connectivity index (χ2n) is 9.51. The summed E-state index contributed by atoms with van der Waals surface area (Å²) < 4.78 is 0. The quantitative estimate of drug-likeness (QED) is 0.662. The molecular weight excluding hydrogens is 428 g/mol. The van der Waals surface area contributed by atoms with Crippen molar-refractivity contribution in [3.05, 3.63) is 63.6 Å². The molecule has 32 heavy (non-hydrogen) atoms. The number of carboxylic acids is 2. The summed E-state index contributed by atoms with van der Waals surface area (Å²) in [6.07, 6.45) is 2.82. The number of aliphatic carboxylic acids is 2. The molecule has 1 aromatic heterocycles. The van der Waals surface area contributed by atoms with Gasteiger partial charge in [-0.15, -0.1) is 11.3 Å². The number of benzene rings is 1. The number of hydrogen-bond donors (Lipinski definition) is 2. The predicted octanol–water partition coefficient (Wildman–Crippen LogP) is 4.52. The van der Waals surface area contributed by atoms with E-state index in [9.17, 15) is 24.6 Å². The maximum atomic E-state index is 13.8. The number of thiazole rings is 1. The molecule has 1 amide bonds. The van der Waals surface area contributed by atoms with Gasteiger partial charge in [0.05, 0.1) is 5.57 Å². The van der Waals surface area contributed by atoms with Crippen LogP contribution in [0.2, 0.25) is 0 Å². The Morgan fingerprint density at radius 3 is 2.22 bits per heavy atom. The van der Waals surface area contributed by atoms with Gasteiger partial charge in [0.25, 0.3) is 5.91 Å². The molecule has 1 aliphatic heterocycles. The van der Waals surface area contributed by atoms with Crippen LogP contribution in [0.25, 0.3) is 0 Å². The Labute approximate surface area is 191 Å².